The molecule has 2 rings (SSSR count). The third-order valence-corrected chi connectivity index (χ3v) is 3.41. The fourth-order valence-electron chi connectivity index (χ4n) is 2.35. The molecule has 1 aliphatic rings. The maximum atomic E-state index is 11.9. The fourth-order valence-corrected chi connectivity index (χ4v) is 2.35. The summed E-state index contributed by atoms with van der Waals surface area (Å²) in [7, 11) is 0. The normalized spacial score (nSPS) is 18.3. The van der Waals surface area contributed by atoms with E-state index in [0.717, 1.165) is 17.8 Å². The van der Waals surface area contributed by atoms with Crippen molar-refractivity contribution in [3.05, 3.63) is 29.8 Å². The monoisotopic (exact) mass is 262 g/mol. The van der Waals surface area contributed by atoms with Gasteiger partial charge in [-0.1, -0.05) is 25.1 Å². The highest BCUT2D eigenvalue weighted by Gasteiger charge is 2.25. The van der Waals surface area contributed by atoms with Crippen LogP contribution in [0.2, 0.25) is 0 Å². The lowest BCUT2D eigenvalue weighted by molar-refractivity contribution is -0.141. The second-order valence-corrected chi connectivity index (χ2v) is 4.74. The van der Waals surface area contributed by atoms with Crippen LogP contribution >= 0.6 is 0 Å². The first kappa shape index (κ1) is 13.4. The molecule has 19 heavy (non-hydrogen) atoms. The lowest BCUT2D eigenvalue weighted by atomic mass is 9.97. The van der Waals surface area contributed by atoms with Crippen molar-refractivity contribution in [3.8, 4) is 0 Å². The minimum atomic E-state index is -0.985. The van der Waals surface area contributed by atoms with Crippen LogP contribution in [0.25, 0.3) is 0 Å². The van der Waals surface area contributed by atoms with Crippen LogP contribution in [0.1, 0.15) is 31.2 Å². The second kappa shape index (κ2) is 5.73. The van der Waals surface area contributed by atoms with Crippen molar-refractivity contribution in [2.45, 2.75) is 31.7 Å². The summed E-state index contributed by atoms with van der Waals surface area (Å²) < 4.78 is 0. The van der Waals surface area contributed by atoms with E-state index in [0.29, 0.717) is 12.8 Å². The Balaban J connectivity index is 1.96. The molecule has 102 valence electrons. The molecular weight excluding hydrogens is 244 g/mol. The Morgan fingerprint density at radius 2 is 2.21 bits per heavy atom. The van der Waals surface area contributed by atoms with Crippen LogP contribution in [-0.2, 0) is 9.59 Å². The zero-order valence-electron chi connectivity index (χ0n) is 10.8. The van der Waals surface area contributed by atoms with Gasteiger partial charge in [0.15, 0.2) is 0 Å². The molecule has 0 radical (unpaired) electrons. The zero-order valence-corrected chi connectivity index (χ0v) is 10.8. The fraction of sp³-hybridized carbons (Fsp3) is 0.429. The second-order valence-electron chi connectivity index (χ2n) is 4.74. The number of carboxylic acid groups (broad SMARTS) is 1. The minimum absolute atomic E-state index is 0.113. The number of benzene rings is 1. The van der Waals surface area contributed by atoms with Crippen LogP contribution < -0.4 is 10.6 Å². The highest BCUT2D eigenvalue weighted by molar-refractivity contribution is 5.84. The van der Waals surface area contributed by atoms with Gasteiger partial charge in [0.1, 0.15) is 6.04 Å². The van der Waals surface area contributed by atoms with Crippen molar-refractivity contribution in [1.82, 2.24) is 5.32 Å². The minimum Gasteiger partial charge on any atom is -0.480 e. The molecule has 0 saturated carbocycles. The molecule has 0 aromatic heterocycles. The van der Waals surface area contributed by atoms with E-state index in [1.54, 1.807) is 6.92 Å². The number of amides is 1. The number of hydrogen-bond acceptors (Lipinski definition) is 3. The average molecular weight is 262 g/mol. The number of fused-ring (bicyclic) bond motifs is 1. The lowest BCUT2D eigenvalue weighted by Gasteiger charge is -2.14. The van der Waals surface area contributed by atoms with Gasteiger partial charge >= 0.3 is 5.97 Å². The molecule has 1 aromatic carbocycles. The van der Waals surface area contributed by atoms with E-state index >= 15 is 0 Å². The number of nitrogens with one attached hydrogen (secondary N) is 2. The van der Waals surface area contributed by atoms with E-state index in [4.69, 9.17) is 5.11 Å². The van der Waals surface area contributed by atoms with Crippen molar-refractivity contribution in [3.63, 3.8) is 0 Å². The topological polar surface area (TPSA) is 78.4 Å². The molecule has 1 heterocycles. The molecule has 2 atom stereocenters. The maximum Gasteiger partial charge on any atom is 0.326 e. The van der Waals surface area contributed by atoms with E-state index in [1.807, 2.05) is 24.3 Å². The van der Waals surface area contributed by atoms with Crippen LogP contribution in [0.5, 0.6) is 0 Å². The van der Waals surface area contributed by atoms with E-state index in [-0.39, 0.29) is 11.8 Å². The van der Waals surface area contributed by atoms with Gasteiger partial charge in [-0.05, 0) is 18.1 Å². The number of rotatable bonds is 5. The van der Waals surface area contributed by atoms with Gasteiger partial charge in [0.25, 0.3) is 0 Å². The summed E-state index contributed by atoms with van der Waals surface area (Å²) in [6, 6.07) is 7.09. The van der Waals surface area contributed by atoms with Gasteiger partial charge in [0.2, 0.25) is 5.91 Å². The zero-order chi connectivity index (χ0) is 13.8. The summed E-state index contributed by atoms with van der Waals surface area (Å²) in [6.07, 6.45) is 0.703. The van der Waals surface area contributed by atoms with E-state index in [9.17, 15) is 9.59 Å². The highest BCUT2D eigenvalue weighted by Crippen LogP contribution is 2.32. The van der Waals surface area contributed by atoms with Gasteiger partial charge in [-0.15, -0.1) is 0 Å². The van der Waals surface area contributed by atoms with Gasteiger partial charge < -0.3 is 15.7 Å². The predicted octanol–water partition coefficient (Wildman–Crippen LogP) is 1.57. The Labute approximate surface area is 112 Å². The Bertz CT molecular complexity index is 487. The molecule has 0 spiro atoms. The number of aliphatic carboxylic acids is 1. The molecule has 0 fully saturated rings. The van der Waals surface area contributed by atoms with E-state index < -0.39 is 12.0 Å². The van der Waals surface area contributed by atoms with Gasteiger partial charge in [0, 0.05) is 24.6 Å². The Morgan fingerprint density at radius 3 is 2.89 bits per heavy atom. The van der Waals surface area contributed by atoms with Crippen LogP contribution in [0.3, 0.4) is 0 Å². The SMILES string of the molecule is CC[C@@H](NC(=O)CC1CNc2ccccc21)C(=O)O. The smallest absolute Gasteiger partial charge is 0.326 e. The standard InChI is InChI=1S/C14H18N2O3/c1-2-11(14(18)19)16-13(17)7-9-8-15-12-6-4-3-5-10(9)12/h3-6,9,11,15H,2,7-8H2,1H3,(H,16,17)(H,18,19)/t9?,11-/m1/s1. The third kappa shape index (κ3) is 3.05. The molecule has 1 aromatic rings. The van der Waals surface area contributed by atoms with Crippen molar-refractivity contribution >= 4 is 17.6 Å². The van der Waals surface area contributed by atoms with E-state index in [1.165, 1.54) is 0 Å². The lowest BCUT2D eigenvalue weighted by Crippen LogP contribution is -2.40. The first-order valence-electron chi connectivity index (χ1n) is 6.46. The average Bonchev–Trinajstić information content (AvgIpc) is 2.79. The molecular formula is C14H18N2O3. The predicted molar refractivity (Wildman–Crippen MR) is 72.1 cm³/mol. The largest absolute Gasteiger partial charge is 0.480 e. The van der Waals surface area contributed by atoms with Crippen molar-refractivity contribution < 1.29 is 14.7 Å². The number of hydrogen-bond donors (Lipinski definition) is 3. The van der Waals surface area contributed by atoms with Crippen molar-refractivity contribution in [1.29, 1.82) is 0 Å². The molecule has 0 saturated heterocycles. The van der Waals surface area contributed by atoms with Crippen molar-refractivity contribution in [2.75, 3.05) is 11.9 Å². The van der Waals surface area contributed by atoms with Gasteiger partial charge in [-0.25, -0.2) is 4.79 Å². The quantitative estimate of drug-likeness (QED) is 0.752. The number of carbonyl (C=O) groups is 2. The molecule has 1 amide bonds. The molecule has 1 unspecified atom stereocenters. The molecule has 0 bridgehead atoms. The van der Waals surface area contributed by atoms with Gasteiger partial charge in [-0.3, -0.25) is 4.79 Å². The number of para-hydroxylation sites is 1. The van der Waals surface area contributed by atoms with Crippen LogP contribution in [0.4, 0.5) is 5.69 Å². The molecule has 3 N–H and O–H groups in total. The molecule has 5 heteroatoms. The van der Waals surface area contributed by atoms with Crippen LogP contribution in [0, 0.1) is 0 Å². The number of carbonyl (C=O) groups excluding carboxylic acids is 1. The molecule has 0 aliphatic carbocycles. The van der Waals surface area contributed by atoms with Gasteiger partial charge in [0.05, 0.1) is 0 Å². The van der Waals surface area contributed by atoms with Crippen LogP contribution in [-0.4, -0.2) is 29.6 Å². The third-order valence-electron chi connectivity index (χ3n) is 3.41. The van der Waals surface area contributed by atoms with Crippen molar-refractivity contribution in [2.24, 2.45) is 0 Å². The Morgan fingerprint density at radius 1 is 1.47 bits per heavy atom. The number of anilines is 1. The summed E-state index contributed by atoms with van der Waals surface area (Å²) in [4.78, 5) is 22.8. The first-order chi connectivity index (χ1) is 9.11. The summed E-state index contributed by atoms with van der Waals surface area (Å²) in [5, 5.41) is 14.7. The highest BCUT2D eigenvalue weighted by atomic mass is 16.4. The Hall–Kier alpha value is -2.04. The summed E-state index contributed by atoms with van der Waals surface area (Å²) >= 11 is 0. The van der Waals surface area contributed by atoms with Crippen LogP contribution in [0.15, 0.2) is 24.3 Å². The molecule has 5 nitrogen and oxygen atoms in total. The maximum absolute atomic E-state index is 11.9. The molecule has 1 aliphatic heterocycles. The first-order valence-corrected chi connectivity index (χ1v) is 6.46. The summed E-state index contributed by atoms with van der Waals surface area (Å²) in [6.45, 7) is 2.46. The summed E-state index contributed by atoms with van der Waals surface area (Å²) in [5.74, 6) is -1.08. The number of carboxylic acids is 1. The van der Waals surface area contributed by atoms with E-state index in [2.05, 4.69) is 10.6 Å². The Kier molecular flexibility index (Phi) is 4.04. The summed E-state index contributed by atoms with van der Waals surface area (Å²) in [5.41, 5.74) is 2.19. The van der Waals surface area contributed by atoms with Gasteiger partial charge in [-0.2, -0.15) is 0 Å².